The number of nitrogens with one attached hydrogen (secondary N) is 1. The van der Waals surface area contributed by atoms with Gasteiger partial charge in [0.1, 0.15) is 0 Å². The lowest BCUT2D eigenvalue weighted by Gasteiger charge is -2.05. The molecule has 0 fully saturated rings. The van der Waals surface area contributed by atoms with Crippen molar-refractivity contribution in [1.29, 1.82) is 0 Å². The Morgan fingerprint density at radius 1 is 1.24 bits per heavy atom. The topological polar surface area (TPSA) is 98.0 Å². The van der Waals surface area contributed by atoms with Gasteiger partial charge in [-0.05, 0) is 32.0 Å². The van der Waals surface area contributed by atoms with E-state index in [1.54, 1.807) is 19.9 Å². The van der Waals surface area contributed by atoms with Gasteiger partial charge in [-0.15, -0.1) is 0 Å². The number of nitro groups is 1. The largest absolute Gasteiger partial charge is 0.305 e. The predicted octanol–water partition coefficient (Wildman–Crippen LogP) is 2.39. The van der Waals surface area contributed by atoms with Crippen molar-refractivity contribution in [3.63, 3.8) is 0 Å². The van der Waals surface area contributed by atoms with Crippen LogP contribution in [-0.4, -0.2) is 20.8 Å². The summed E-state index contributed by atoms with van der Waals surface area (Å²) in [5, 5.41) is 13.1. The molecule has 0 saturated heterocycles. The number of nitrogens with zero attached hydrogens (tertiary/aromatic N) is 3. The number of amides is 1. The molecular formula is C13H11FN4O3. The van der Waals surface area contributed by atoms with Crippen LogP contribution in [0.1, 0.15) is 21.7 Å². The molecule has 0 unspecified atom stereocenters. The van der Waals surface area contributed by atoms with Gasteiger partial charge in [-0.25, -0.2) is 9.97 Å². The lowest BCUT2D eigenvalue weighted by molar-refractivity contribution is -0.387. The molecule has 108 valence electrons. The second kappa shape index (κ2) is 5.61. The summed E-state index contributed by atoms with van der Waals surface area (Å²) in [6, 6.07) is 4.63. The van der Waals surface area contributed by atoms with Crippen LogP contribution in [-0.2, 0) is 0 Å². The number of hydrogen-bond acceptors (Lipinski definition) is 5. The van der Waals surface area contributed by atoms with Gasteiger partial charge >= 0.3 is 5.69 Å². The molecule has 1 aromatic heterocycles. The Bertz CT molecular complexity index is 713. The minimum atomic E-state index is -1.00. The molecule has 2 aromatic rings. The number of aryl methyl sites for hydroxylation is 2. The molecule has 0 radical (unpaired) electrons. The van der Waals surface area contributed by atoms with Crippen LogP contribution in [0.3, 0.4) is 0 Å². The van der Waals surface area contributed by atoms with Crippen LogP contribution in [0.4, 0.5) is 16.0 Å². The molecule has 0 aliphatic rings. The van der Waals surface area contributed by atoms with E-state index in [0.717, 1.165) is 18.2 Å². The van der Waals surface area contributed by atoms with Crippen LogP contribution in [0.2, 0.25) is 0 Å². The maximum absolute atomic E-state index is 13.2. The third-order valence-electron chi connectivity index (χ3n) is 2.61. The minimum Gasteiger partial charge on any atom is -0.290 e. The lowest BCUT2D eigenvalue weighted by atomic mass is 10.2. The molecule has 2 rings (SSSR count). The third-order valence-corrected chi connectivity index (χ3v) is 2.61. The smallest absolute Gasteiger partial charge is 0.290 e. The number of hydrogen-bond donors (Lipinski definition) is 1. The summed E-state index contributed by atoms with van der Waals surface area (Å²) in [6.45, 7) is 3.49. The molecule has 0 aliphatic carbocycles. The summed E-state index contributed by atoms with van der Waals surface area (Å²) in [6.07, 6.45) is 0. The second-order valence-electron chi connectivity index (χ2n) is 4.35. The number of nitro benzene ring substituents is 1. The number of carbonyl (C=O) groups is 1. The summed E-state index contributed by atoms with van der Waals surface area (Å²) in [5.41, 5.74) is 0.528. The van der Waals surface area contributed by atoms with Crippen LogP contribution in [0.15, 0.2) is 24.3 Å². The van der Waals surface area contributed by atoms with Crippen molar-refractivity contribution >= 4 is 17.5 Å². The van der Waals surface area contributed by atoms with Crippen molar-refractivity contribution in [3.8, 4) is 0 Å². The second-order valence-corrected chi connectivity index (χ2v) is 4.35. The zero-order valence-corrected chi connectivity index (χ0v) is 11.3. The highest BCUT2D eigenvalue weighted by Crippen LogP contribution is 2.19. The number of aromatic nitrogens is 2. The average Bonchev–Trinajstić information content (AvgIpc) is 2.37. The Labute approximate surface area is 119 Å². The Morgan fingerprint density at radius 3 is 2.43 bits per heavy atom. The van der Waals surface area contributed by atoms with E-state index in [2.05, 4.69) is 15.3 Å². The van der Waals surface area contributed by atoms with Gasteiger partial charge in [0.15, 0.2) is 0 Å². The normalized spacial score (nSPS) is 10.2. The summed E-state index contributed by atoms with van der Waals surface area (Å²) in [5.74, 6) is -1.56. The van der Waals surface area contributed by atoms with Gasteiger partial charge in [0.2, 0.25) is 11.8 Å². The molecule has 1 heterocycles. The van der Waals surface area contributed by atoms with E-state index in [9.17, 15) is 19.3 Å². The van der Waals surface area contributed by atoms with Crippen molar-refractivity contribution in [1.82, 2.24) is 9.97 Å². The molecule has 1 amide bonds. The number of benzene rings is 1. The van der Waals surface area contributed by atoms with Gasteiger partial charge < -0.3 is 0 Å². The van der Waals surface area contributed by atoms with Gasteiger partial charge in [-0.3, -0.25) is 20.2 Å². The monoisotopic (exact) mass is 290 g/mol. The number of carbonyl (C=O) groups excluding carboxylic acids is 1. The molecule has 0 spiro atoms. The fourth-order valence-corrected chi connectivity index (χ4v) is 1.75. The summed E-state index contributed by atoms with van der Waals surface area (Å²) >= 11 is 0. The van der Waals surface area contributed by atoms with E-state index < -0.39 is 22.3 Å². The third kappa shape index (κ3) is 3.35. The molecular weight excluding hydrogens is 279 g/mol. The first-order valence-electron chi connectivity index (χ1n) is 5.94. The maximum Gasteiger partial charge on any atom is 0.305 e. The first-order chi connectivity index (χ1) is 9.86. The standard InChI is InChI=1S/C13H11FN4O3/c1-7-5-8(2)16-13(15-7)17-12(19)9-3-4-10(14)11(6-9)18(20)21/h3-6H,1-2H3,(H,15,16,17,19). The molecule has 1 N–H and O–H groups in total. The van der Waals surface area contributed by atoms with Crippen LogP contribution >= 0.6 is 0 Å². The Morgan fingerprint density at radius 2 is 1.86 bits per heavy atom. The van der Waals surface area contributed by atoms with Crippen LogP contribution in [0, 0.1) is 29.8 Å². The van der Waals surface area contributed by atoms with Crippen LogP contribution in [0.25, 0.3) is 0 Å². The molecule has 0 atom stereocenters. The van der Waals surface area contributed by atoms with Gasteiger partial charge in [-0.1, -0.05) is 0 Å². The fourth-order valence-electron chi connectivity index (χ4n) is 1.75. The van der Waals surface area contributed by atoms with Crippen molar-refractivity contribution in [2.24, 2.45) is 0 Å². The van der Waals surface area contributed by atoms with Gasteiger partial charge in [-0.2, -0.15) is 4.39 Å². The first kappa shape index (κ1) is 14.5. The maximum atomic E-state index is 13.2. The van der Waals surface area contributed by atoms with E-state index in [-0.39, 0.29) is 11.5 Å². The molecule has 0 aliphatic heterocycles. The van der Waals surface area contributed by atoms with Crippen LogP contribution in [0.5, 0.6) is 0 Å². The highest BCUT2D eigenvalue weighted by molar-refractivity contribution is 6.03. The van der Waals surface area contributed by atoms with Crippen molar-refractivity contribution in [2.45, 2.75) is 13.8 Å². The highest BCUT2D eigenvalue weighted by Gasteiger charge is 2.18. The number of halogens is 1. The van der Waals surface area contributed by atoms with Gasteiger partial charge in [0, 0.05) is 23.0 Å². The fraction of sp³-hybridized carbons (Fsp3) is 0.154. The Hall–Kier alpha value is -2.90. The first-order valence-corrected chi connectivity index (χ1v) is 5.94. The predicted molar refractivity (Wildman–Crippen MR) is 72.5 cm³/mol. The molecule has 8 heteroatoms. The SMILES string of the molecule is Cc1cc(C)nc(NC(=O)c2ccc(F)c([N+](=O)[O-])c2)n1. The Balaban J connectivity index is 2.28. The molecule has 7 nitrogen and oxygen atoms in total. The summed E-state index contributed by atoms with van der Waals surface area (Å²) < 4.78 is 13.2. The zero-order chi connectivity index (χ0) is 15.6. The summed E-state index contributed by atoms with van der Waals surface area (Å²) in [4.78, 5) is 29.8. The lowest BCUT2D eigenvalue weighted by Crippen LogP contribution is -2.15. The van der Waals surface area contributed by atoms with E-state index >= 15 is 0 Å². The van der Waals surface area contributed by atoms with E-state index in [0.29, 0.717) is 11.4 Å². The highest BCUT2D eigenvalue weighted by atomic mass is 19.1. The molecule has 0 bridgehead atoms. The van der Waals surface area contributed by atoms with E-state index in [1.807, 2.05) is 0 Å². The zero-order valence-electron chi connectivity index (χ0n) is 11.3. The van der Waals surface area contributed by atoms with Crippen molar-refractivity contribution < 1.29 is 14.1 Å². The quantitative estimate of drug-likeness (QED) is 0.691. The molecule has 0 saturated carbocycles. The number of rotatable bonds is 3. The molecule has 21 heavy (non-hydrogen) atoms. The minimum absolute atomic E-state index is 0.0501. The van der Waals surface area contributed by atoms with E-state index in [4.69, 9.17) is 0 Å². The van der Waals surface area contributed by atoms with Gasteiger partial charge in [0.05, 0.1) is 4.92 Å². The number of anilines is 1. The van der Waals surface area contributed by atoms with Gasteiger partial charge in [0.25, 0.3) is 5.91 Å². The average molecular weight is 290 g/mol. The summed E-state index contributed by atoms with van der Waals surface area (Å²) in [7, 11) is 0. The van der Waals surface area contributed by atoms with Crippen LogP contribution < -0.4 is 5.32 Å². The van der Waals surface area contributed by atoms with E-state index in [1.165, 1.54) is 0 Å². The molecule has 1 aromatic carbocycles. The van der Waals surface area contributed by atoms with Crippen molar-refractivity contribution in [2.75, 3.05) is 5.32 Å². The Kier molecular flexibility index (Phi) is 3.88. The van der Waals surface area contributed by atoms with Crippen molar-refractivity contribution in [3.05, 3.63) is 57.1 Å².